The van der Waals surface area contributed by atoms with Crippen LogP contribution in [0.4, 0.5) is 0 Å². The molecule has 0 bridgehead atoms. The summed E-state index contributed by atoms with van der Waals surface area (Å²) >= 11 is 0. The lowest BCUT2D eigenvalue weighted by Gasteiger charge is -2.10. The van der Waals surface area contributed by atoms with Crippen molar-refractivity contribution in [1.82, 2.24) is 0 Å². The number of benzene rings is 3. The minimum Gasteiger partial charge on any atom is -0.508 e. The molecule has 2 N–H and O–H groups in total. The van der Waals surface area contributed by atoms with Gasteiger partial charge in [0, 0.05) is 0 Å². The average molecular weight is 332 g/mol. The van der Waals surface area contributed by atoms with E-state index < -0.39 is 0 Å². The van der Waals surface area contributed by atoms with Crippen molar-refractivity contribution >= 4 is 0 Å². The topological polar surface area (TPSA) is 40.5 Å². The van der Waals surface area contributed by atoms with E-state index in [9.17, 15) is 10.2 Å². The SMILES string of the molecule is Cc1cc(C)c(O)c(CCc2ccc(Cc3ccc(O)cc3)cc2)c1. The highest BCUT2D eigenvalue weighted by atomic mass is 16.3. The van der Waals surface area contributed by atoms with Crippen LogP contribution in [0, 0.1) is 13.8 Å². The highest BCUT2D eigenvalue weighted by molar-refractivity contribution is 5.43. The summed E-state index contributed by atoms with van der Waals surface area (Å²) in [5.41, 5.74) is 6.86. The van der Waals surface area contributed by atoms with Crippen LogP contribution in [0.25, 0.3) is 0 Å². The van der Waals surface area contributed by atoms with Gasteiger partial charge in [0.05, 0.1) is 0 Å². The number of aryl methyl sites for hydroxylation is 4. The predicted molar refractivity (Wildman–Crippen MR) is 102 cm³/mol. The van der Waals surface area contributed by atoms with Gasteiger partial charge in [-0.15, -0.1) is 0 Å². The van der Waals surface area contributed by atoms with Crippen LogP contribution in [0.1, 0.15) is 33.4 Å². The van der Waals surface area contributed by atoms with Gasteiger partial charge in [0.2, 0.25) is 0 Å². The molecule has 3 aromatic rings. The Balaban J connectivity index is 1.64. The zero-order valence-electron chi connectivity index (χ0n) is 14.8. The normalized spacial score (nSPS) is 10.8. The van der Waals surface area contributed by atoms with Crippen LogP contribution in [0.5, 0.6) is 11.5 Å². The standard InChI is InChI=1S/C23H24O2/c1-16-13-17(2)23(25)21(14-16)10-7-18-3-5-19(6-4-18)15-20-8-11-22(24)12-9-20/h3-6,8-9,11-14,24-25H,7,10,15H2,1-2H3. The lowest BCUT2D eigenvalue weighted by molar-refractivity contribution is 0.463. The number of rotatable bonds is 5. The second kappa shape index (κ2) is 7.43. The van der Waals surface area contributed by atoms with Crippen molar-refractivity contribution in [2.45, 2.75) is 33.1 Å². The Labute approximate surface area is 149 Å². The van der Waals surface area contributed by atoms with Crippen LogP contribution in [0.3, 0.4) is 0 Å². The van der Waals surface area contributed by atoms with E-state index in [1.54, 1.807) is 12.1 Å². The van der Waals surface area contributed by atoms with Crippen molar-refractivity contribution in [3.63, 3.8) is 0 Å². The molecule has 3 aromatic carbocycles. The van der Waals surface area contributed by atoms with Crippen LogP contribution in [0.2, 0.25) is 0 Å². The van der Waals surface area contributed by atoms with Gasteiger partial charge in [-0.3, -0.25) is 0 Å². The number of phenolic OH excluding ortho intramolecular Hbond substituents is 2. The number of hydrogen-bond acceptors (Lipinski definition) is 2. The molecule has 0 aliphatic rings. The predicted octanol–water partition coefficient (Wildman–Crippen LogP) is 5.09. The Morgan fingerprint density at radius 1 is 0.680 bits per heavy atom. The van der Waals surface area contributed by atoms with Crippen molar-refractivity contribution in [1.29, 1.82) is 0 Å². The first kappa shape index (κ1) is 17.1. The molecule has 0 aromatic heterocycles. The van der Waals surface area contributed by atoms with E-state index in [4.69, 9.17) is 0 Å². The van der Waals surface area contributed by atoms with E-state index in [2.05, 4.69) is 37.3 Å². The third-order valence-corrected chi connectivity index (χ3v) is 4.57. The lowest BCUT2D eigenvalue weighted by Crippen LogP contribution is -1.95. The van der Waals surface area contributed by atoms with Crippen LogP contribution < -0.4 is 0 Å². The molecule has 25 heavy (non-hydrogen) atoms. The van der Waals surface area contributed by atoms with Crippen LogP contribution in [-0.4, -0.2) is 10.2 Å². The Kier molecular flexibility index (Phi) is 5.08. The van der Waals surface area contributed by atoms with Gasteiger partial charge in [-0.25, -0.2) is 0 Å². The van der Waals surface area contributed by atoms with E-state index in [1.807, 2.05) is 25.1 Å². The summed E-state index contributed by atoms with van der Waals surface area (Å²) in [6.45, 7) is 4.01. The van der Waals surface area contributed by atoms with Gasteiger partial charge >= 0.3 is 0 Å². The fourth-order valence-electron chi connectivity index (χ4n) is 3.19. The van der Waals surface area contributed by atoms with E-state index in [-0.39, 0.29) is 0 Å². The lowest BCUT2D eigenvalue weighted by atomic mass is 9.98. The maximum Gasteiger partial charge on any atom is 0.121 e. The van der Waals surface area contributed by atoms with E-state index in [0.29, 0.717) is 11.5 Å². The monoisotopic (exact) mass is 332 g/mol. The van der Waals surface area contributed by atoms with Crippen molar-refractivity contribution in [2.75, 3.05) is 0 Å². The fraction of sp³-hybridized carbons (Fsp3) is 0.217. The van der Waals surface area contributed by atoms with Crippen molar-refractivity contribution < 1.29 is 10.2 Å². The van der Waals surface area contributed by atoms with Gasteiger partial charge in [0.1, 0.15) is 11.5 Å². The molecule has 0 fully saturated rings. The largest absolute Gasteiger partial charge is 0.508 e. The minimum atomic E-state index is 0.300. The summed E-state index contributed by atoms with van der Waals surface area (Å²) in [4.78, 5) is 0. The summed E-state index contributed by atoms with van der Waals surface area (Å²) in [5, 5.41) is 19.6. The fourth-order valence-corrected chi connectivity index (χ4v) is 3.19. The van der Waals surface area contributed by atoms with Gasteiger partial charge < -0.3 is 10.2 Å². The average Bonchev–Trinajstić information content (AvgIpc) is 2.60. The molecule has 3 rings (SSSR count). The molecular formula is C23H24O2. The third kappa shape index (κ3) is 4.42. The molecule has 0 aliphatic carbocycles. The second-order valence-corrected chi connectivity index (χ2v) is 6.75. The first-order valence-electron chi connectivity index (χ1n) is 8.66. The summed E-state index contributed by atoms with van der Waals surface area (Å²) in [5.74, 6) is 0.725. The first-order valence-corrected chi connectivity index (χ1v) is 8.66. The van der Waals surface area contributed by atoms with Gasteiger partial charge in [-0.05, 0) is 73.1 Å². The molecular weight excluding hydrogens is 308 g/mol. The molecule has 0 radical (unpaired) electrons. The Morgan fingerprint density at radius 2 is 1.24 bits per heavy atom. The molecule has 2 nitrogen and oxygen atoms in total. The second-order valence-electron chi connectivity index (χ2n) is 6.75. The van der Waals surface area contributed by atoms with E-state index in [1.165, 1.54) is 22.3 Å². The van der Waals surface area contributed by atoms with Gasteiger partial charge in [-0.2, -0.15) is 0 Å². The highest BCUT2D eigenvalue weighted by Crippen LogP contribution is 2.25. The van der Waals surface area contributed by atoms with E-state index in [0.717, 1.165) is 30.4 Å². The van der Waals surface area contributed by atoms with Gasteiger partial charge in [0.25, 0.3) is 0 Å². The van der Waals surface area contributed by atoms with Crippen molar-refractivity contribution in [3.8, 4) is 11.5 Å². The smallest absolute Gasteiger partial charge is 0.121 e. The highest BCUT2D eigenvalue weighted by Gasteiger charge is 2.06. The third-order valence-electron chi connectivity index (χ3n) is 4.57. The van der Waals surface area contributed by atoms with Crippen molar-refractivity contribution in [3.05, 3.63) is 94.0 Å². The summed E-state index contributed by atoms with van der Waals surface area (Å²) in [6, 6.07) is 20.1. The molecule has 0 saturated heterocycles. The quantitative estimate of drug-likeness (QED) is 0.683. The minimum absolute atomic E-state index is 0.300. The van der Waals surface area contributed by atoms with Crippen LogP contribution >= 0.6 is 0 Å². The molecule has 0 saturated carbocycles. The molecule has 128 valence electrons. The summed E-state index contributed by atoms with van der Waals surface area (Å²) < 4.78 is 0. The van der Waals surface area contributed by atoms with Gasteiger partial charge in [0.15, 0.2) is 0 Å². The summed E-state index contributed by atoms with van der Waals surface area (Å²) in [7, 11) is 0. The van der Waals surface area contributed by atoms with E-state index >= 15 is 0 Å². The molecule has 0 aliphatic heterocycles. The Morgan fingerprint density at radius 3 is 1.88 bits per heavy atom. The van der Waals surface area contributed by atoms with Gasteiger partial charge in [-0.1, -0.05) is 54.1 Å². The maximum atomic E-state index is 10.2. The van der Waals surface area contributed by atoms with Crippen LogP contribution in [-0.2, 0) is 19.3 Å². The molecule has 0 unspecified atom stereocenters. The molecule has 0 atom stereocenters. The number of phenols is 2. The Bertz CT molecular complexity index is 847. The molecule has 0 heterocycles. The molecule has 2 heteroatoms. The maximum absolute atomic E-state index is 10.2. The zero-order valence-corrected chi connectivity index (χ0v) is 14.8. The molecule has 0 amide bonds. The molecule has 0 spiro atoms. The first-order chi connectivity index (χ1) is 12.0. The zero-order chi connectivity index (χ0) is 17.8. The van der Waals surface area contributed by atoms with Crippen LogP contribution in [0.15, 0.2) is 60.7 Å². The number of hydrogen-bond donors (Lipinski definition) is 2. The number of aromatic hydroxyl groups is 2. The Hall–Kier alpha value is -2.74. The summed E-state index contributed by atoms with van der Waals surface area (Å²) in [6.07, 6.45) is 2.61. The van der Waals surface area contributed by atoms with Crippen molar-refractivity contribution in [2.24, 2.45) is 0 Å².